The van der Waals surface area contributed by atoms with Gasteiger partial charge in [-0.25, -0.2) is 19.7 Å². The number of hydrogen-bond donors (Lipinski definition) is 2. The summed E-state index contributed by atoms with van der Waals surface area (Å²) in [6.45, 7) is 2.49. The van der Waals surface area contributed by atoms with E-state index in [1.165, 1.54) is 12.7 Å². The van der Waals surface area contributed by atoms with Gasteiger partial charge in [0.2, 0.25) is 11.5 Å². The van der Waals surface area contributed by atoms with Crippen molar-refractivity contribution >= 4 is 17.8 Å². The van der Waals surface area contributed by atoms with Crippen LogP contribution >= 0.6 is 0 Å². The van der Waals surface area contributed by atoms with Crippen LogP contribution in [-0.4, -0.2) is 68.7 Å². The number of anilines is 1. The molecule has 0 unspecified atom stereocenters. The average Bonchev–Trinajstić information content (AvgIpc) is 3.15. The smallest absolute Gasteiger partial charge is 0.348 e. The number of carbonyl (C=O) groups is 2. The maximum atomic E-state index is 13.6. The van der Waals surface area contributed by atoms with Gasteiger partial charge in [-0.15, -0.1) is 0 Å². The molecule has 3 aromatic rings. The summed E-state index contributed by atoms with van der Waals surface area (Å²) < 4.78 is 6.62. The number of esters is 1. The van der Waals surface area contributed by atoms with Crippen molar-refractivity contribution in [3.63, 3.8) is 0 Å². The van der Waals surface area contributed by atoms with Crippen molar-refractivity contribution in [3.8, 4) is 11.1 Å². The molecule has 3 saturated heterocycles. The Labute approximate surface area is 202 Å². The zero-order chi connectivity index (χ0) is 24.0. The molecule has 9 heteroatoms. The number of rotatable bonds is 5. The average molecular weight is 473 g/mol. The van der Waals surface area contributed by atoms with Gasteiger partial charge in [0.25, 0.3) is 5.91 Å². The Hall–Kier alpha value is -3.69. The van der Waals surface area contributed by atoms with Gasteiger partial charge >= 0.3 is 5.97 Å². The van der Waals surface area contributed by atoms with E-state index >= 15 is 0 Å². The lowest BCUT2D eigenvalue weighted by atomic mass is 9.82. The van der Waals surface area contributed by atoms with Gasteiger partial charge in [-0.3, -0.25) is 10.1 Å². The molecule has 2 N–H and O–H groups in total. The summed E-state index contributed by atoms with van der Waals surface area (Å²) in [5.41, 5.74) is 0.936. The quantitative estimate of drug-likeness (QED) is 0.430. The number of nitrogens with zero attached hydrogens (tertiary/aromatic N) is 4. The van der Waals surface area contributed by atoms with Gasteiger partial charge in [0.05, 0.1) is 13.1 Å². The van der Waals surface area contributed by atoms with Crippen molar-refractivity contribution in [1.82, 2.24) is 15.0 Å². The minimum atomic E-state index is -1.85. The molecule has 4 heterocycles. The summed E-state index contributed by atoms with van der Waals surface area (Å²) in [7, 11) is 0. The number of hydrogen-bond acceptors (Lipinski definition) is 7. The van der Waals surface area contributed by atoms with Gasteiger partial charge in [-0.2, -0.15) is 0 Å². The summed E-state index contributed by atoms with van der Waals surface area (Å²) in [5, 5.41) is 14.5. The first-order chi connectivity index (χ1) is 17.0. The Balaban J connectivity index is 1.22. The first kappa shape index (κ1) is 21.8. The van der Waals surface area contributed by atoms with Crippen molar-refractivity contribution in [3.05, 3.63) is 72.3 Å². The van der Waals surface area contributed by atoms with Crippen LogP contribution < -0.4 is 5.32 Å². The molecule has 0 spiro atoms. The molecule has 4 aliphatic rings. The number of ether oxygens (including phenoxy) is 1. The van der Waals surface area contributed by atoms with Crippen LogP contribution in [0.5, 0.6) is 0 Å². The van der Waals surface area contributed by atoms with Crippen LogP contribution in [0.2, 0.25) is 0 Å². The van der Waals surface area contributed by atoms with Gasteiger partial charge in [-0.1, -0.05) is 48.5 Å². The van der Waals surface area contributed by atoms with Crippen LogP contribution in [-0.2, 0) is 19.9 Å². The molecule has 9 nitrogen and oxygen atoms in total. The van der Waals surface area contributed by atoms with E-state index in [0.29, 0.717) is 22.2 Å². The van der Waals surface area contributed by atoms with Crippen molar-refractivity contribution in [2.24, 2.45) is 5.92 Å². The summed E-state index contributed by atoms with van der Waals surface area (Å²) >= 11 is 0. The van der Waals surface area contributed by atoms with E-state index in [-0.39, 0.29) is 30.4 Å². The molecule has 1 aromatic heterocycles. The molecule has 1 aliphatic carbocycles. The van der Waals surface area contributed by atoms with Crippen molar-refractivity contribution in [2.45, 2.75) is 24.5 Å². The summed E-state index contributed by atoms with van der Waals surface area (Å²) in [4.78, 5) is 38.0. The van der Waals surface area contributed by atoms with Crippen LogP contribution in [0.15, 0.2) is 61.2 Å². The third-order valence-electron chi connectivity index (χ3n) is 7.74. The second-order valence-corrected chi connectivity index (χ2v) is 9.72. The molecule has 1 amide bonds. The molecule has 0 radical (unpaired) electrons. The summed E-state index contributed by atoms with van der Waals surface area (Å²) in [5.74, 6) is -0.389. The number of carbonyl (C=O) groups excluding carboxylic acids is 2. The van der Waals surface area contributed by atoms with Crippen LogP contribution in [0.1, 0.15) is 24.0 Å². The number of aromatic nitrogens is 3. The van der Waals surface area contributed by atoms with E-state index in [1.54, 1.807) is 12.1 Å². The predicted octanol–water partition coefficient (Wildman–Crippen LogP) is 1.88. The van der Waals surface area contributed by atoms with Crippen molar-refractivity contribution in [1.29, 1.82) is 0 Å². The highest BCUT2D eigenvalue weighted by Gasteiger charge is 2.53. The molecular weight excluding hydrogens is 446 g/mol. The minimum Gasteiger partial charge on any atom is -0.453 e. The van der Waals surface area contributed by atoms with Gasteiger partial charge in [-0.05, 0) is 11.1 Å². The normalized spacial score (nSPS) is 25.4. The SMILES string of the molecule is O=C(C[N+]12CCC(CC1)[C@@H](OC(=O)C1(O)c3ccccc3-c3ccccc31)C2)Nc1ncncn1. The number of quaternary nitrogens is 1. The monoisotopic (exact) mass is 472 g/mol. The van der Waals surface area contributed by atoms with Gasteiger partial charge in [0.15, 0.2) is 12.6 Å². The third-order valence-corrected chi connectivity index (χ3v) is 7.74. The molecule has 178 valence electrons. The molecule has 2 bridgehead atoms. The lowest BCUT2D eigenvalue weighted by Crippen LogP contribution is -2.66. The van der Waals surface area contributed by atoms with E-state index in [9.17, 15) is 14.7 Å². The van der Waals surface area contributed by atoms with E-state index in [2.05, 4.69) is 20.3 Å². The van der Waals surface area contributed by atoms with Crippen LogP contribution in [0.3, 0.4) is 0 Å². The van der Waals surface area contributed by atoms with Crippen molar-refractivity contribution in [2.75, 3.05) is 31.5 Å². The topological polar surface area (TPSA) is 114 Å². The molecule has 0 saturated carbocycles. The molecule has 3 fully saturated rings. The number of piperidine rings is 3. The molecular formula is C26H26N5O4+. The first-order valence-electron chi connectivity index (χ1n) is 11.9. The summed E-state index contributed by atoms with van der Waals surface area (Å²) in [6, 6.07) is 14.8. The second-order valence-electron chi connectivity index (χ2n) is 9.72. The van der Waals surface area contributed by atoms with E-state index in [4.69, 9.17) is 4.74 Å². The fourth-order valence-electron chi connectivity index (χ4n) is 6.00. The van der Waals surface area contributed by atoms with Crippen LogP contribution in [0.25, 0.3) is 11.1 Å². The Morgan fingerprint density at radius 3 is 2.23 bits per heavy atom. The molecule has 1 atom stereocenters. The number of nitrogens with one attached hydrogen (secondary N) is 1. The Bertz CT molecular complexity index is 1240. The molecule has 2 aromatic carbocycles. The first-order valence-corrected chi connectivity index (χ1v) is 11.9. The third kappa shape index (κ3) is 3.59. The molecule has 3 aliphatic heterocycles. The minimum absolute atomic E-state index is 0.182. The maximum absolute atomic E-state index is 13.6. The highest BCUT2D eigenvalue weighted by Crippen LogP contribution is 2.48. The lowest BCUT2D eigenvalue weighted by Gasteiger charge is -2.51. The number of amides is 1. The van der Waals surface area contributed by atoms with Gasteiger partial charge in [0.1, 0.15) is 19.2 Å². The Kier molecular flexibility index (Phi) is 5.12. The second kappa shape index (κ2) is 8.21. The zero-order valence-corrected chi connectivity index (χ0v) is 19.1. The zero-order valence-electron chi connectivity index (χ0n) is 19.1. The number of benzene rings is 2. The fourth-order valence-corrected chi connectivity index (χ4v) is 6.00. The predicted molar refractivity (Wildman–Crippen MR) is 126 cm³/mol. The summed E-state index contributed by atoms with van der Waals surface area (Å²) in [6.07, 6.45) is 4.03. The Morgan fingerprint density at radius 1 is 1.00 bits per heavy atom. The lowest BCUT2D eigenvalue weighted by molar-refractivity contribution is -0.939. The van der Waals surface area contributed by atoms with E-state index in [0.717, 1.165) is 37.1 Å². The van der Waals surface area contributed by atoms with Crippen LogP contribution in [0.4, 0.5) is 5.95 Å². The van der Waals surface area contributed by atoms with Crippen LogP contribution in [0, 0.1) is 5.92 Å². The van der Waals surface area contributed by atoms with Gasteiger partial charge < -0.3 is 14.3 Å². The fraction of sp³-hybridized carbons (Fsp3) is 0.346. The maximum Gasteiger partial charge on any atom is 0.348 e. The largest absolute Gasteiger partial charge is 0.453 e. The van der Waals surface area contributed by atoms with E-state index < -0.39 is 11.6 Å². The number of fused-ring (bicyclic) bond motifs is 6. The Morgan fingerprint density at radius 2 is 1.60 bits per heavy atom. The molecule has 35 heavy (non-hydrogen) atoms. The highest BCUT2D eigenvalue weighted by atomic mass is 16.6. The standard InChI is InChI=1S/C26H25N5O4/c32-23(30-25-28-15-27-16-29-25)14-31-11-9-17(10-12-31)22(13-31)35-24(33)26(34)20-7-3-1-5-18(20)19-6-2-4-8-21(19)26/h1-8,15-17,22,34H,9-14H2/p+1/t17?,22-,31?/m0/s1. The number of aliphatic hydroxyl groups is 1. The van der Waals surface area contributed by atoms with Gasteiger partial charge in [0, 0.05) is 29.9 Å². The highest BCUT2D eigenvalue weighted by molar-refractivity contribution is 5.96. The van der Waals surface area contributed by atoms with Crippen molar-refractivity contribution < 1.29 is 23.9 Å². The van der Waals surface area contributed by atoms with E-state index in [1.807, 2.05) is 36.4 Å². The molecule has 7 rings (SSSR count).